The molecule has 3 rings (SSSR count). The van der Waals surface area contributed by atoms with E-state index >= 15 is 0 Å². The smallest absolute Gasteiger partial charge is 0.263 e. The monoisotopic (exact) mass is 235 g/mol. The number of hydrogen-bond donors (Lipinski definition) is 0. The molecule has 0 aliphatic carbocycles. The Bertz CT molecular complexity index is 605. The molecule has 18 heavy (non-hydrogen) atoms. The zero-order valence-electron chi connectivity index (χ0n) is 10.2. The average molecular weight is 235 g/mol. The molecule has 2 nitrogen and oxygen atoms in total. The van der Waals surface area contributed by atoms with Gasteiger partial charge in [-0.15, -0.1) is 0 Å². The largest absolute Gasteiger partial charge is 0.277 e. The van der Waals surface area contributed by atoms with Gasteiger partial charge in [-0.3, -0.25) is 9.69 Å². The number of amides is 1. The van der Waals surface area contributed by atoms with Crippen LogP contribution in [0.5, 0.6) is 0 Å². The van der Waals surface area contributed by atoms with Crippen LogP contribution in [0.15, 0.2) is 55.1 Å². The molecule has 0 atom stereocenters. The maximum Gasteiger partial charge on any atom is 0.263 e. The second-order valence-corrected chi connectivity index (χ2v) is 4.47. The third kappa shape index (κ3) is 1.46. The van der Waals surface area contributed by atoms with Gasteiger partial charge in [-0.1, -0.05) is 42.5 Å². The fourth-order valence-electron chi connectivity index (χ4n) is 2.25. The summed E-state index contributed by atoms with van der Waals surface area (Å²) in [5, 5.41) is 0. The Morgan fingerprint density at radius 1 is 0.944 bits per heavy atom. The van der Waals surface area contributed by atoms with Gasteiger partial charge in [0.1, 0.15) is 0 Å². The third-order valence-corrected chi connectivity index (χ3v) is 3.23. The average Bonchev–Trinajstić information content (AvgIpc) is 2.64. The second kappa shape index (κ2) is 3.84. The van der Waals surface area contributed by atoms with E-state index in [1.165, 1.54) is 5.56 Å². The number of carbonyl (C=O) groups is 1. The van der Waals surface area contributed by atoms with Gasteiger partial charge in [-0.05, 0) is 25.1 Å². The van der Waals surface area contributed by atoms with Crippen LogP contribution in [0.2, 0.25) is 0 Å². The van der Waals surface area contributed by atoms with Crippen LogP contribution in [0, 0.1) is 6.92 Å². The van der Waals surface area contributed by atoms with Gasteiger partial charge in [0.25, 0.3) is 5.91 Å². The molecule has 0 radical (unpaired) electrons. The summed E-state index contributed by atoms with van der Waals surface area (Å²) in [6, 6.07) is 15.5. The Labute approximate surface area is 106 Å². The molecule has 0 aromatic heterocycles. The Morgan fingerprint density at radius 2 is 1.56 bits per heavy atom. The maximum absolute atomic E-state index is 12.4. The zero-order chi connectivity index (χ0) is 12.7. The molecule has 2 heteroatoms. The number of aryl methyl sites for hydroxylation is 1. The van der Waals surface area contributed by atoms with E-state index < -0.39 is 0 Å². The second-order valence-electron chi connectivity index (χ2n) is 4.47. The minimum atomic E-state index is -0.000506. The van der Waals surface area contributed by atoms with E-state index in [1.807, 2.05) is 55.5 Å². The minimum Gasteiger partial charge on any atom is -0.277 e. The Kier molecular flexibility index (Phi) is 2.30. The van der Waals surface area contributed by atoms with Gasteiger partial charge < -0.3 is 0 Å². The number of nitrogens with zero attached hydrogens (tertiary/aromatic N) is 1. The van der Waals surface area contributed by atoms with E-state index in [-0.39, 0.29) is 5.91 Å². The molecule has 1 heterocycles. The standard InChI is InChI=1S/C16H13NO/c1-11-7-9-13(10-8-11)17-12(2)14-5-3-4-6-15(14)16(17)18/h3-10H,2H2,1H3. The van der Waals surface area contributed by atoms with Crippen molar-refractivity contribution in [2.75, 3.05) is 4.90 Å². The molecular weight excluding hydrogens is 222 g/mol. The highest BCUT2D eigenvalue weighted by atomic mass is 16.2. The van der Waals surface area contributed by atoms with Crippen molar-refractivity contribution in [2.24, 2.45) is 0 Å². The summed E-state index contributed by atoms with van der Waals surface area (Å²) in [6.45, 7) is 6.06. The van der Waals surface area contributed by atoms with E-state index in [1.54, 1.807) is 4.90 Å². The quantitative estimate of drug-likeness (QED) is 0.739. The van der Waals surface area contributed by atoms with Gasteiger partial charge in [0.2, 0.25) is 0 Å². The first kappa shape index (κ1) is 10.8. The highest BCUT2D eigenvalue weighted by Gasteiger charge is 2.31. The highest BCUT2D eigenvalue weighted by molar-refractivity contribution is 6.21. The van der Waals surface area contributed by atoms with Gasteiger partial charge >= 0.3 is 0 Å². The molecule has 2 aromatic carbocycles. The van der Waals surface area contributed by atoms with Gasteiger partial charge in [-0.2, -0.15) is 0 Å². The van der Waals surface area contributed by atoms with Gasteiger partial charge in [-0.25, -0.2) is 0 Å². The normalized spacial score (nSPS) is 13.9. The number of benzene rings is 2. The minimum absolute atomic E-state index is 0.000506. The number of carbonyl (C=O) groups excluding carboxylic acids is 1. The molecular formula is C16H13NO. The highest BCUT2D eigenvalue weighted by Crippen LogP contribution is 2.35. The zero-order valence-corrected chi connectivity index (χ0v) is 10.2. The van der Waals surface area contributed by atoms with Gasteiger partial charge in [0.15, 0.2) is 0 Å². The molecule has 1 aliphatic heterocycles. The van der Waals surface area contributed by atoms with Crippen molar-refractivity contribution in [3.8, 4) is 0 Å². The van der Waals surface area contributed by atoms with Crippen LogP contribution in [-0.2, 0) is 0 Å². The van der Waals surface area contributed by atoms with Crippen LogP contribution in [0.25, 0.3) is 5.70 Å². The predicted molar refractivity (Wildman–Crippen MR) is 73.5 cm³/mol. The van der Waals surface area contributed by atoms with E-state index in [0.717, 1.165) is 22.5 Å². The topological polar surface area (TPSA) is 20.3 Å². The lowest BCUT2D eigenvalue weighted by atomic mass is 10.1. The number of rotatable bonds is 1. The van der Waals surface area contributed by atoms with Crippen LogP contribution < -0.4 is 4.90 Å². The van der Waals surface area contributed by atoms with E-state index in [9.17, 15) is 4.79 Å². The van der Waals surface area contributed by atoms with Crippen molar-refractivity contribution < 1.29 is 4.79 Å². The van der Waals surface area contributed by atoms with E-state index in [4.69, 9.17) is 0 Å². The Balaban J connectivity index is 2.09. The lowest BCUT2D eigenvalue weighted by Crippen LogP contribution is -2.21. The van der Waals surface area contributed by atoms with Crippen LogP contribution in [0.4, 0.5) is 5.69 Å². The predicted octanol–water partition coefficient (Wildman–Crippen LogP) is 3.63. The van der Waals surface area contributed by atoms with Crippen molar-refractivity contribution >= 4 is 17.3 Å². The molecule has 0 fully saturated rings. The van der Waals surface area contributed by atoms with Crippen molar-refractivity contribution in [1.29, 1.82) is 0 Å². The van der Waals surface area contributed by atoms with Crippen LogP contribution >= 0.6 is 0 Å². The Hall–Kier alpha value is -2.35. The number of hydrogen-bond acceptors (Lipinski definition) is 1. The van der Waals surface area contributed by atoms with Crippen LogP contribution in [0.1, 0.15) is 21.5 Å². The SMILES string of the molecule is C=C1c2ccccc2C(=O)N1c1ccc(C)cc1. The van der Waals surface area contributed by atoms with Gasteiger partial charge in [0.05, 0.1) is 5.70 Å². The first-order valence-electron chi connectivity index (χ1n) is 5.88. The summed E-state index contributed by atoms with van der Waals surface area (Å²) >= 11 is 0. The maximum atomic E-state index is 12.4. The van der Waals surface area contributed by atoms with Crippen molar-refractivity contribution in [3.05, 3.63) is 71.8 Å². The lowest BCUT2D eigenvalue weighted by Gasteiger charge is -2.17. The Morgan fingerprint density at radius 3 is 2.17 bits per heavy atom. The summed E-state index contributed by atoms with van der Waals surface area (Å²) in [5.74, 6) is -0.000506. The fraction of sp³-hybridized carbons (Fsp3) is 0.0625. The summed E-state index contributed by atoms with van der Waals surface area (Å²) in [5.41, 5.74) is 4.44. The molecule has 0 unspecified atom stereocenters. The number of anilines is 1. The molecule has 1 amide bonds. The van der Waals surface area contributed by atoms with Crippen molar-refractivity contribution in [1.82, 2.24) is 0 Å². The summed E-state index contributed by atoms with van der Waals surface area (Å²) in [7, 11) is 0. The fourth-order valence-corrected chi connectivity index (χ4v) is 2.25. The van der Waals surface area contributed by atoms with E-state index in [0.29, 0.717) is 0 Å². The van der Waals surface area contributed by atoms with Crippen LogP contribution in [-0.4, -0.2) is 5.91 Å². The van der Waals surface area contributed by atoms with Crippen molar-refractivity contribution in [2.45, 2.75) is 6.92 Å². The third-order valence-electron chi connectivity index (χ3n) is 3.23. The summed E-state index contributed by atoms with van der Waals surface area (Å²) < 4.78 is 0. The summed E-state index contributed by atoms with van der Waals surface area (Å²) in [4.78, 5) is 14.0. The van der Waals surface area contributed by atoms with E-state index in [2.05, 4.69) is 6.58 Å². The first-order chi connectivity index (χ1) is 8.68. The first-order valence-corrected chi connectivity index (χ1v) is 5.88. The van der Waals surface area contributed by atoms with Crippen LogP contribution in [0.3, 0.4) is 0 Å². The molecule has 0 saturated carbocycles. The lowest BCUT2D eigenvalue weighted by molar-refractivity contribution is 0.101. The molecule has 2 aromatic rings. The molecule has 0 N–H and O–H groups in total. The molecule has 0 saturated heterocycles. The molecule has 0 bridgehead atoms. The summed E-state index contributed by atoms with van der Waals surface area (Å²) in [6.07, 6.45) is 0. The molecule has 1 aliphatic rings. The van der Waals surface area contributed by atoms with Gasteiger partial charge in [0, 0.05) is 16.8 Å². The van der Waals surface area contributed by atoms with Crippen molar-refractivity contribution in [3.63, 3.8) is 0 Å². The number of fused-ring (bicyclic) bond motifs is 1. The molecule has 0 spiro atoms. The molecule has 88 valence electrons.